The SMILES string of the molecule is O=C(Nc1cccc(-c2nc3ccccc3s2)c1)c1cc(-c2ccco2)on1. The van der Waals surface area contributed by atoms with Gasteiger partial charge in [-0.1, -0.05) is 29.4 Å². The maximum Gasteiger partial charge on any atom is 0.277 e. The second-order valence-electron chi connectivity index (χ2n) is 6.08. The molecule has 0 aliphatic heterocycles. The molecule has 3 aromatic heterocycles. The average molecular weight is 387 g/mol. The molecule has 0 atom stereocenters. The number of para-hydroxylation sites is 1. The second kappa shape index (κ2) is 6.79. The molecule has 6 nitrogen and oxygen atoms in total. The van der Waals surface area contributed by atoms with Gasteiger partial charge < -0.3 is 14.3 Å². The number of fused-ring (bicyclic) bond motifs is 1. The van der Waals surface area contributed by atoms with Crippen molar-refractivity contribution < 1.29 is 13.7 Å². The van der Waals surface area contributed by atoms with Crippen molar-refractivity contribution in [2.24, 2.45) is 0 Å². The molecule has 1 N–H and O–H groups in total. The zero-order valence-corrected chi connectivity index (χ0v) is 15.3. The predicted molar refractivity (Wildman–Crippen MR) is 107 cm³/mol. The van der Waals surface area contributed by atoms with E-state index >= 15 is 0 Å². The fraction of sp³-hybridized carbons (Fsp3) is 0. The fourth-order valence-electron chi connectivity index (χ4n) is 2.84. The molecule has 0 unspecified atom stereocenters. The number of aromatic nitrogens is 2. The van der Waals surface area contributed by atoms with Crippen molar-refractivity contribution in [3.63, 3.8) is 0 Å². The van der Waals surface area contributed by atoms with Crippen molar-refractivity contribution in [1.29, 1.82) is 0 Å². The van der Waals surface area contributed by atoms with E-state index in [1.54, 1.807) is 29.5 Å². The number of furan rings is 1. The van der Waals surface area contributed by atoms with E-state index in [0.29, 0.717) is 17.2 Å². The van der Waals surface area contributed by atoms with Gasteiger partial charge >= 0.3 is 0 Å². The summed E-state index contributed by atoms with van der Waals surface area (Å²) in [5, 5.41) is 7.57. The Morgan fingerprint density at radius 3 is 2.75 bits per heavy atom. The van der Waals surface area contributed by atoms with Gasteiger partial charge in [0, 0.05) is 17.3 Å². The van der Waals surface area contributed by atoms with Crippen LogP contribution in [0.5, 0.6) is 0 Å². The number of nitrogens with zero attached hydrogens (tertiary/aromatic N) is 2. The zero-order chi connectivity index (χ0) is 18.9. The molecule has 0 saturated heterocycles. The summed E-state index contributed by atoms with van der Waals surface area (Å²) in [6.45, 7) is 0. The molecule has 1 amide bonds. The van der Waals surface area contributed by atoms with Crippen molar-refractivity contribution >= 4 is 33.1 Å². The Kier molecular flexibility index (Phi) is 3.99. The minimum Gasteiger partial charge on any atom is -0.461 e. The zero-order valence-electron chi connectivity index (χ0n) is 14.5. The summed E-state index contributed by atoms with van der Waals surface area (Å²) in [5.74, 6) is 0.561. The lowest BCUT2D eigenvalue weighted by atomic mass is 10.2. The lowest BCUT2D eigenvalue weighted by Gasteiger charge is -2.04. The molecular weight excluding hydrogens is 374 g/mol. The van der Waals surface area contributed by atoms with Gasteiger partial charge in [0.15, 0.2) is 11.5 Å². The van der Waals surface area contributed by atoms with Gasteiger partial charge in [-0.25, -0.2) is 4.98 Å². The van der Waals surface area contributed by atoms with Crippen LogP contribution in [0.4, 0.5) is 5.69 Å². The summed E-state index contributed by atoms with van der Waals surface area (Å²) >= 11 is 1.61. The number of thiazole rings is 1. The van der Waals surface area contributed by atoms with Crippen LogP contribution in [0.15, 0.2) is 81.9 Å². The highest BCUT2D eigenvalue weighted by Crippen LogP contribution is 2.31. The Balaban J connectivity index is 1.38. The number of hydrogen-bond donors (Lipinski definition) is 1. The van der Waals surface area contributed by atoms with Crippen LogP contribution < -0.4 is 5.32 Å². The van der Waals surface area contributed by atoms with E-state index in [2.05, 4.69) is 15.5 Å². The maximum absolute atomic E-state index is 12.5. The third-order valence-corrected chi connectivity index (χ3v) is 5.25. The monoisotopic (exact) mass is 387 g/mol. The number of hydrogen-bond acceptors (Lipinski definition) is 6. The van der Waals surface area contributed by atoms with Gasteiger partial charge in [-0.2, -0.15) is 0 Å². The molecule has 0 aliphatic carbocycles. The standard InChI is InChI=1S/C21H13N3O3S/c25-20(16-12-18(27-24-16)17-8-4-10-26-17)22-14-6-3-5-13(11-14)21-23-15-7-1-2-9-19(15)28-21/h1-12H,(H,22,25). The van der Waals surface area contributed by atoms with Crippen LogP contribution in [0, 0.1) is 0 Å². The van der Waals surface area contributed by atoms with Crippen molar-refractivity contribution in [2.75, 3.05) is 5.32 Å². The smallest absolute Gasteiger partial charge is 0.277 e. The topological polar surface area (TPSA) is 81.2 Å². The van der Waals surface area contributed by atoms with Gasteiger partial charge in [0.2, 0.25) is 5.76 Å². The number of nitrogens with one attached hydrogen (secondary N) is 1. The van der Waals surface area contributed by atoms with Crippen molar-refractivity contribution in [3.05, 3.63) is 78.7 Å². The Morgan fingerprint density at radius 1 is 0.964 bits per heavy atom. The molecule has 2 aromatic carbocycles. The Bertz CT molecular complexity index is 1240. The Morgan fingerprint density at radius 2 is 1.89 bits per heavy atom. The molecule has 136 valence electrons. The van der Waals surface area contributed by atoms with Gasteiger partial charge in [-0.3, -0.25) is 4.79 Å². The van der Waals surface area contributed by atoms with Crippen molar-refractivity contribution in [2.45, 2.75) is 0 Å². The number of anilines is 1. The van der Waals surface area contributed by atoms with E-state index in [9.17, 15) is 4.79 Å². The van der Waals surface area contributed by atoms with Crippen LogP contribution >= 0.6 is 11.3 Å². The van der Waals surface area contributed by atoms with Gasteiger partial charge in [0.25, 0.3) is 5.91 Å². The lowest BCUT2D eigenvalue weighted by Crippen LogP contribution is -2.12. The number of rotatable bonds is 4. The minimum atomic E-state index is -0.358. The molecule has 0 spiro atoms. The van der Waals surface area contributed by atoms with Crippen LogP contribution in [0.1, 0.15) is 10.5 Å². The quantitative estimate of drug-likeness (QED) is 0.443. The second-order valence-corrected chi connectivity index (χ2v) is 7.11. The van der Waals surface area contributed by atoms with E-state index in [4.69, 9.17) is 8.94 Å². The fourth-order valence-corrected chi connectivity index (χ4v) is 3.80. The van der Waals surface area contributed by atoms with Crippen LogP contribution in [-0.4, -0.2) is 16.0 Å². The Hall–Kier alpha value is -3.71. The lowest BCUT2D eigenvalue weighted by molar-refractivity contribution is 0.101. The summed E-state index contributed by atoms with van der Waals surface area (Å²) in [6, 6.07) is 20.6. The number of amides is 1. The normalized spacial score (nSPS) is 11.0. The van der Waals surface area contributed by atoms with Crippen LogP contribution in [0.25, 0.3) is 32.3 Å². The van der Waals surface area contributed by atoms with Crippen LogP contribution in [0.3, 0.4) is 0 Å². The Labute approximate surface area is 163 Å². The minimum absolute atomic E-state index is 0.178. The molecule has 0 fully saturated rings. The van der Waals surface area contributed by atoms with E-state index in [-0.39, 0.29) is 11.6 Å². The maximum atomic E-state index is 12.5. The molecule has 0 radical (unpaired) electrons. The number of carbonyl (C=O) groups is 1. The summed E-state index contributed by atoms with van der Waals surface area (Å²) < 4.78 is 11.6. The van der Waals surface area contributed by atoms with Crippen molar-refractivity contribution in [3.8, 4) is 22.1 Å². The van der Waals surface area contributed by atoms with Crippen LogP contribution in [-0.2, 0) is 0 Å². The summed E-state index contributed by atoms with van der Waals surface area (Å²) in [7, 11) is 0. The molecule has 7 heteroatoms. The third-order valence-electron chi connectivity index (χ3n) is 4.17. The van der Waals surface area contributed by atoms with Crippen molar-refractivity contribution in [1.82, 2.24) is 10.1 Å². The highest BCUT2D eigenvalue weighted by Gasteiger charge is 2.16. The largest absolute Gasteiger partial charge is 0.461 e. The molecular formula is C21H13N3O3S. The molecule has 5 rings (SSSR count). The number of carbonyl (C=O) groups excluding carboxylic acids is 1. The van der Waals surface area contributed by atoms with Gasteiger partial charge in [-0.15, -0.1) is 11.3 Å². The first-order valence-electron chi connectivity index (χ1n) is 8.54. The molecule has 3 heterocycles. The highest BCUT2D eigenvalue weighted by molar-refractivity contribution is 7.21. The van der Waals surface area contributed by atoms with Crippen LogP contribution in [0.2, 0.25) is 0 Å². The first-order valence-corrected chi connectivity index (χ1v) is 9.36. The summed E-state index contributed by atoms with van der Waals surface area (Å²) in [5.41, 5.74) is 2.74. The number of benzene rings is 2. The van der Waals surface area contributed by atoms with Gasteiger partial charge in [0.05, 0.1) is 16.5 Å². The first kappa shape index (κ1) is 16.5. The van der Waals surface area contributed by atoms with E-state index < -0.39 is 0 Å². The molecule has 28 heavy (non-hydrogen) atoms. The molecule has 0 bridgehead atoms. The molecule has 0 saturated carbocycles. The average Bonchev–Trinajstić information content (AvgIpc) is 3.47. The summed E-state index contributed by atoms with van der Waals surface area (Å²) in [4.78, 5) is 17.2. The molecule has 0 aliphatic rings. The highest BCUT2D eigenvalue weighted by atomic mass is 32.1. The van der Waals surface area contributed by atoms with E-state index in [1.165, 1.54) is 6.26 Å². The predicted octanol–water partition coefficient (Wildman–Crippen LogP) is 5.46. The summed E-state index contributed by atoms with van der Waals surface area (Å²) in [6.07, 6.45) is 1.53. The van der Waals surface area contributed by atoms with Gasteiger partial charge in [-0.05, 0) is 36.4 Å². The third kappa shape index (κ3) is 3.08. The molecule has 5 aromatic rings. The van der Waals surface area contributed by atoms with Gasteiger partial charge in [0.1, 0.15) is 5.01 Å². The van der Waals surface area contributed by atoms with E-state index in [1.807, 2.05) is 48.5 Å². The van der Waals surface area contributed by atoms with E-state index in [0.717, 1.165) is 20.8 Å². The first-order chi connectivity index (χ1) is 13.8.